The van der Waals surface area contributed by atoms with Crippen LogP contribution in [0.3, 0.4) is 0 Å². The fourth-order valence-corrected chi connectivity index (χ4v) is 1.99. The molecule has 0 bridgehead atoms. The standard InChI is InChI=1S/C14H9ClF2O/c1-8-4-12(13(15)6-14(8)17)11-3-2-10(16)5-9(11)7-18/h2-7H,1H3. The van der Waals surface area contributed by atoms with Crippen molar-refractivity contribution in [3.8, 4) is 11.1 Å². The van der Waals surface area contributed by atoms with Gasteiger partial charge in [-0.15, -0.1) is 0 Å². The molecule has 2 aromatic rings. The van der Waals surface area contributed by atoms with E-state index in [-0.39, 0.29) is 10.6 Å². The zero-order valence-electron chi connectivity index (χ0n) is 9.51. The Morgan fingerprint density at radius 3 is 2.50 bits per heavy atom. The van der Waals surface area contributed by atoms with Gasteiger partial charge in [0, 0.05) is 11.1 Å². The Morgan fingerprint density at radius 1 is 1.11 bits per heavy atom. The van der Waals surface area contributed by atoms with Crippen molar-refractivity contribution in [1.29, 1.82) is 0 Å². The molecular formula is C14H9ClF2O. The summed E-state index contributed by atoms with van der Waals surface area (Å²) in [6, 6.07) is 6.54. The van der Waals surface area contributed by atoms with E-state index >= 15 is 0 Å². The molecule has 0 aliphatic heterocycles. The molecule has 92 valence electrons. The van der Waals surface area contributed by atoms with Crippen LogP contribution >= 0.6 is 11.6 Å². The molecule has 18 heavy (non-hydrogen) atoms. The maximum atomic E-state index is 13.3. The lowest BCUT2D eigenvalue weighted by atomic mass is 9.98. The van der Waals surface area contributed by atoms with Crippen molar-refractivity contribution in [1.82, 2.24) is 0 Å². The van der Waals surface area contributed by atoms with Crippen molar-refractivity contribution in [3.63, 3.8) is 0 Å². The van der Waals surface area contributed by atoms with E-state index in [0.29, 0.717) is 23.0 Å². The molecule has 0 amide bonds. The zero-order valence-corrected chi connectivity index (χ0v) is 10.3. The molecule has 4 heteroatoms. The van der Waals surface area contributed by atoms with Gasteiger partial charge in [0.05, 0.1) is 5.02 Å². The third kappa shape index (κ3) is 2.27. The number of hydrogen-bond acceptors (Lipinski definition) is 1. The molecule has 0 fully saturated rings. The van der Waals surface area contributed by atoms with Gasteiger partial charge in [-0.2, -0.15) is 0 Å². The summed E-state index contributed by atoms with van der Waals surface area (Å²) in [6.45, 7) is 1.60. The highest BCUT2D eigenvalue weighted by Gasteiger charge is 2.12. The van der Waals surface area contributed by atoms with Gasteiger partial charge in [0.1, 0.15) is 11.6 Å². The second-order valence-electron chi connectivity index (χ2n) is 3.93. The third-order valence-electron chi connectivity index (χ3n) is 2.68. The Morgan fingerprint density at radius 2 is 1.83 bits per heavy atom. The Bertz CT molecular complexity index is 623. The van der Waals surface area contributed by atoms with E-state index in [9.17, 15) is 13.6 Å². The van der Waals surface area contributed by atoms with Crippen molar-refractivity contribution in [2.45, 2.75) is 6.92 Å². The van der Waals surface area contributed by atoms with Crippen molar-refractivity contribution in [2.24, 2.45) is 0 Å². The van der Waals surface area contributed by atoms with Crippen molar-refractivity contribution in [3.05, 3.63) is 58.1 Å². The van der Waals surface area contributed by atoms with E-state index in [1.54, 1.807) is 6.92 Å². The van der Waals surface area contributed by atoms with Gasteiger partial charge in [0.25, 0.3) is 0 Å². The van der Waals surface area contributed by atoms with Crippen LogP contribution in [0.25, 0.3) is 11.1 Å². The molecule has 2 rings (SSSR count). The van der Waals surface area contributed by atoms with Crippen LogP contribution in [-0.4, -0.2) is 6.29 Å². The van der Waals surface area contributed by atoms with Gasteiger partial charge in [0.2, 0.25) is 0 Å². The molecular weight excluding hydrogens is 258 g/mol. The highest BCUT2D eigenvalue weighted by molar-refractivity contribution is 6.33. The van der Waals surface area contributed by atoms with E-state index < -0.39 is 11.6 Å². The monoisotopic (exact) mass is 266 g/mol. The third-order valence-corrected chi connectivity index (χ3v) is 2.99. The molecule has 0 spiro atoms. The molecule has 0 unspecified atom stereocenters. The van der Waals surface area contributed by atoms with Crippen LogP contribution in [-0.2, 0) is 0 Å². The van der Waals surface area contributed by atoms with E-state index in [0.717, 1.165) is 6.07 Å². The summed E-state index contributed by atoms with van der Waals surface area (Å²) in [5.41, 5.74) is 1.59. The quantitative estimate of drug-likeness (QED) is 0.736. The predicted octanol–water partition coefficient (Wildman–Crippen LogP) is 4.41. The smallest absolute Gasteiger partial charge is 0.150 e. The van der Waals surface area contributed by atoms with Crippen molar-refractivity contribution < 1.29 is 13.6 Å². The lowest BCUT2D eigenvalue weighted by Crippen LogP contribution is -1.92. The molecule has 0 aromatic heterocycles. The normalized spacial score (nSPS) is 10.4. The van der Waals surface area contributed by atoms with Crippen LogP contribution in [0.1, 0.15) is 15.9 Å². The summed E-state index contributed by atoms with van der Waals surface area (Å²) in [4.78, 5) is 10.9. The highest BCUT2D eigenvalue weighted by Crippen LogP contribution is 2.32. The Labute approximate surface area is 108 Å². The van der Waals surface area contributed by atoms with Gasteiger partial charge in [-0.1, -0.05) is 17.7 Å². The average molecular weight is 267 g/mol. The average Bonchev–Trinajstić information content (AvgIpc) is 2.34. The number of carbonyl (C=O) groups is 1. The summed E-state index contributed by atoms with van der Waals surface area (Å²) in [5, 5.41) is 0.188. The highest BCUT2D eigenvalue weighted by atomic mass is 35.5. The maximum absolute atomic E-state index is 13.3. The lowest BCUT2D eigenvalue weighted by molar-refractivity contribution is 0.112. The minimum Gasteiger partial charge on any atom is -0.298 e. The molecule has 0 radical (unpaired) electrons. The predicted molar refractivity (Wildman–Crippen MR) is 66.9 cm³/mol. The number of benzene rings is 2. The number of aldehydes is 1. The van der Waals surface area contributed by atoms with Gasteiger partial charge in [0.15, 0.2) is 6.29 Å². The SMILES string of the molecule is Cc1cc(-c2ccc(F)cc2C=O)c(Cl)cc1F. The number of halogens is 3. The van der Waals surface area contributed by atoms with E-state index in [2.05, 4.69) is 0 Å². The summed E-state index contributed by atoms with van der Waals surface area (Å²) in [6.07, 6.45) is 0.549. The van der Waals surface area contributed by atoms with Crippen molar-refractivity contribution >= 4 is 17.9 Å². The number of hydrogen-bond donors (Lipinski definition) is 0. The summed E-state index contributed by atoms with van der Waals surface area (Å²) < 4.78 is 26.3. The first kappa shape index (κ1) is 12.7. The minimum atomic E-state index is -0.504. The second-order valence-corrected chi connectivity index (χ2v) is 4.34. The fourth-order valence-electron chi connectivity index (χ4n) is 1.74. The molecule has 0 atom stereocenters. The summed E-state index contributed by atoms with van der Waals surface area (Å²) in [5.74, 6) is -0.922. The second kappa shape index (κ2) is 4.86. The van der Waals surface area contributed by atoms with E-state index in [1.807, 2.05) is 0 Å². The molecule has 0 saturated carbocycles. The molecule has 0 aliphatic carbocycles. The lowest BCUT2D eigenvalue weighted by Gasteiger charge is -2.09. The van der Waals surface area contributed by atoms with E-state index in [1.165, 1.54) is 24.3 Å². The number of rotatable bonds is 2. The first-order chi connectivity index (χ1) is 8.52. The number of carbonyl (C=O) groups excluding carboxylic acids is 1. The first-order valence-corrected chi connectivity index (χ1v) is 5.61. The zero-order chi connectivity index (χ0) is 13.3. The fraction of sp³-hybridized carbons (Fsp3) is 0.0714. The van der Waals surface area contributed by atoms with Crippen LogP contribution < -0.4 is 0 Å². The summed E-state index contributed by atoms with van der Waals surface area (Å²) >= 11 is 5.96. The molecule has 0 aliphatic rings. The number of aryl methyl sites for hydroxylation is 1. The van der Waals surface area contributed by atoms with Gasteiger partial charge >= 0.3 is 0 Å². The van der Waals surface area contributed by atoms with Gasteiger partial charge in [-0.3, -0.25) is 4.79 Å². The minimum absolute atomic E-state index is 0.183. The van der Waals surface area contributed by atoms with Crippen LogP contribution in [0.4, 0.5) is 8.78 Å². The molecule has 1 nitrogen and oxygen atoms in total. The Kier molecular flexibility index (Phi) is 3.43. The molecule has 0 N–H and O–H groups in total. The van der Waals surface area contributed by atoms with Gasteiger partial charge < -0.3 is 0 Å². The van der Waals surface area contributed by atoms with Crippen LogP contribution in [0, 0.1) is 18.6 Å². The Balaban J connectivity index is 2.69. The molecule has 0 saturated heterocycles. The van der Waals surface area contributed by atoms with E-state index in [4.69, 9.17) is 11.6 Å². The summed E-state index contributed by atoms with van der Waals surface area (Å²) in [7, 11) is 0. The molecule has 2 aromatic carbocycles. The van der Waals surface area contributed by atoms with Crippen LogP contribution in [0.15, 0.2) is 30.3 Å². The molecule has 0 heterocycles. The van der Waals surface area contributed by atoms with Gasteiger partial charge in [-0.25, -0.2) is 8.78 Å². The van der Waals surface area contributed by atoms with Gasteiger partial charge in [-0.05, 0) is 42.3 Å². The maximum Gasteiger partial charge on any atom is 0.150 e. The van der Waals surface area contributed by atoms with Crippen LogP contribution in [0.5, 0.6) is 0 Å². The van der Waals surface area contributed by atoms with Crippen molar-refractivity contribution in [2.75, 3.05) is 0 Å². The topological polar surface area (TPSA) is 17.1 Å². The largest absolute Gasteiger partial charge is 0.298 e. The first-order valence-electron chi connectivity index (χ1n) is 5.23. The Hall–Kier alpha value is -1.74. The van der Waals surface area contributed by atoms with Crippen LogP contribution in [0.2, 0.25) is 5.02 Å².